The van der Waals surface area contributed by atoms with E-state index >= 15 is 0 Å². The van der Waals surface area contributed by atoms with Crippen LogP contribution < -0.4 is 0 Å². The zero-order valence-corrected chi connectivity index (χ0v) is 8.27. The Balaban J connectivity index is 2.76. The summed E-state index contributed by atoms with van der Waals surface area (Å²) in [7, 11) is 0. The van der Waals surface area contributed by atoms with Crippen LogP contribution >= 0.6 is 0 Å². The molecule has 0 fully saturated rings. The van der Waals surface area contributed by atoms with Gasteiger partial charge >= 0.3 is 0 Å². The van der Waals surface area contributed by atoms with Gasteiger partial charge in [-0.15, -0.1) is 0 Å². The molecule has 0 amide bonds. The molecule has 1 aliphatic carbocycles. The van der Waals surface area contributed by atoms with E-state index in [0.29, 0.717) is 16.7 Å². The van der Waals surface area contributed by atoms with Crippen LogP contribution in [-0.4, -0.2) is 5.78 Å². The Morgan fingerprint density at radius 1 is 1.00 bits per heavy atom. The van der Waals surface area contributed by atoms with Crippen molar-refractivity contribution < 1.29 is 4.79 Å². The molecule has 0 aliphatic heterocycles. The lowest BCUT2D eigenvalue weighted by Gasteiger charge is -2.12. The van der Waals surface area contributed by atoms with Crippen LogP contribution in [0.3, 0.4) is 0 Å². The summed E-state index contributed by atoms with van der Waals surface area (Å²) in [6, 6.07) is 10.6. The Morgan fingerprint density at radius 3 is 2.25 bits per heavy atom. The summed E-state index contributed by atoms with van der Waals surface area (Å²) in [5.74, 6) is -0.102. The van der Waals surface area contributed by atoms with Crippen LogP contribution in [0.15, 0.2) is 42.0 Å². The van der Waals surface area contributed by atoms with E-state index in [0.717, 1.165) is 0 Å². The number of hydrogen-bond acceptors (Lipinski definition) is 3. The summed E-state index contributed by atoms with van der Waals surface area (Å²) < 4.78 is 0. The number of nitriles is 2. The molecule has 16 heavy (non-hydrogen) atoms. The summed E-state index contributed by atoms with van der Waals surface area (Å²) in [6.45, 7) is 0. The van der Waals surface area contributed by atoms with Crippen LogP contribution in [0.5, 0.6) is 0 Å². The van der Waals surface area contributed by atoms with Crippen molar-refractivity contribution in [2.75, 3.05) is 0 Å². The number of fused-ring (bicyclic) bond motifs is 1. The SMILES string of the molecule is N#CC(C#N)=C1C=CC(=O)c2ccccc21. The molecule has 0 N–H and O–H groups in total. The van der Waals surface area contributed by atoms with E-state index in [1.165, 1.54) is 12.2 Å². The van der Waals surface area contributed by atoms with Gasteiger partial charge in [0.15, 0.2) is 5.78 Å². The van der Waals surface area contributed by atoms with Crippen LogP contribution in [0, 0.1) is 22.7 Å². The molecule has 0 bridgehead atoms. The number of benzene rings is 1. The molecule has 3 heteroatoms. The van der Waals surface area contributed by atoms with Crippen molar-refractivity contribution in [1.82, 2.24) is 0 Å². The van der Waals surface area contributed by atoms with Gasteiger partial charge in [0.25, 0.3) is 0 Å². The highest BCUT2D eigenvalue weighted by Gasteiger charge is 2.18. The number of nitrogens with zero attached hydrogens (tertiary/aromatic N) is 2. The lowest BCUT2D eigenvalue weighted by molar-refractivity contribution is 0.104. The van der Waals surface area contributed by atoms with E-state index in [9.17, 15) is 4.79 Å². The Bertz CT molecular complexity index is 594. The lowest BCUT2D eigenvalue weighted by Crippen LogP contribution is -2.05. The fourth-order valence-corrected chi connectivity index (χ4v) is 1.63. The van der Waals surface area contributed by atoms with E-state index in [2.05, 4.69) is 0 Å². The smallest absolute Gasteiger partial charge is 0.186 e. The fraction of sp³-hybridized carbons (Fsp3) is 0. The molecule has 1 aromatic carbocycles. The molecule has 0 radical (unpaired) electrons. The third kappa shape index (κ3) is 1.41. The van der Waals surface area contributed by atoms with Gasteiger partial charge in [-0.25, -0.2) is 0 Å². The molecule has 0 aromatic heterocycles. The van der Waals surface area contributed by atoms with Crippen molar-refractivity contribution in [2.45, 2.75) is 0 Å². The van der Waals surface area contributed by atoms with Crippen LogP contribution in [-0.2, 0) is 0 Å². The number of ketones is 1. The van der Waals surface area contributed by atoms with Crippen LogP contribution in [0.25, 0.3) is 5.57 Å². The minimum absolute atomic E-state index is 0.0243. The molecule has 0 spiro atoms. The minimum Gasteiger partial charge on any atom is -0.289 e. The third-order valence-corrected chi connectivity index (χ3v) is 2.38. The first-order valence-electron chi connectivity index (χ1n) is 4.64. The number of allylic oxidation sites excluding steroid dienone is 4. The maximum atomic E-state index is 11.6. The average Bonchev–Trinajstić information content (AvgIpc) is 2.34. The van der Waals surface area contributed by atoms with Crippen molar-refractivity contribution in [1.29, 1.82) is 10.5 Å². The third-order valence-electron chi connectivity index (χ3n) is 2.38. The molecule has 0 saturated heterocycles. The van der Waals surface area contributed by atoms with Gasteiger partial charge in [-0.05, 0) is 17.7 Å². The maximum Gasteiger partial charge on any atom is 0.186 e. The zero-order chi connectivity index (χ0) is 11.5. The topological polar surface area (TPSA) is 64.7 Å². The van der Waals surface area contributed by atoms with Crippen molar-refractivity contribution in [3.63, 3.8) is 0 Å². The second-order valence-corrected chi connectivity index (χ2v) is 3.26. The summed E-state index contributed by atoms with van der Waals surface area (Å²) in [4.78, 5) is 11.6. The predicted molar refractivity (Wildman–Crippen MR) is 58.1 cm³/mol. The molecule has 0 atom stereocenters. The second-order valence-electron chi connectivity index (χ2n) is 3.26. The molecule has 0 heterocycles. The van der Waals surface area contributed by atoms with Gasteiger partial charge in [-0.1, -0.05) is 24.3 Å². The minimum atomic E-state index is -0.102. The van der Waals surface area contributed by atoms with Crippen molar-refractivity contribution in [2.24, 2.45) is 0 Å². The van der Waals surface area contributed by atoms with E-state index in [1.807, 2.05) is 12.1 Å². The second kappa shape index (κ2) is 3.84. The quantitative estimate of drug-likeness (QED) is 0.611. The maximum absolute atomic E-state index is 11.6. The van der Waals surface area contributed by atoms with Crippen LogP contribution in [0.2, 0.25) is 0 Å². The molecule has 1 aromatic rings. The fourth-order valence-electron chi connectivity index (χ4n) is 1.63. The standard InChI is InChI=1S/C13H6N2O/c14-7-9(8-15)10-5-6-13(16)12-4-2-1-3-11(10)12/h1-6H. The van der Waals surface area contributed by atoms with Gasteiger partial charge in [0.1, 0.15) is 17.7 Å². The van der Waals surface area contributed by atoms with E-state index in [1.54, 1.807) is 24.3 Å². The molecule has 0 saturated carbocycles. The van der Waals surface area contributed by atoms with E-state index in [-0.39, 0.29) is 11.4 Å². The number of carbonyl (C=O) groups is 1. The highest BCUT2D eigenvalue weighted by molar-refractivity contribution is 6.13. The monoisotopic (exact) mass is 206 g/mol. The summed E-state index contributed by atoms with van der Waals surface area (Å²) in [5, 5.41) is 17.6. The van der Waals surface area contributed by atoms with Gasteiger partial charge in [0.2, 0.25) is 0 Å². The van der Waals surface area contributed by atoms with Gasteiger partial charge in [0.05, 0.1) is 0 Å². The first-order chi connectivity index (χ1) is 7.77. The van der Waals surface area contributed by atoms with Crippen molar-refractivity contribution >= 4 is 11.4 Å². The number of hydrogen-bond donors (Lipinski definition) is 0. The van der Waals surface area contributed by atoms with Crippen LogP contribution in [0.1, 0.15) is 15.9 Å². The summed E-state index contributed by atoms with van der Waals surface area (Å²) >= 11 is 0. The van der Waals surface area contributed by atoms with Crippen molar-refractivity contribution in [3.05, 3.63) is 53.1 Å². The predicted octanol–water partition coefficient (Wildman–Crippen LogP) is 2.24. The van der Waals surface area contributed by atoms with Gasteiger partial charge in [-0.3, -0.25) is 4.79 Å². The van der Waals surface area contributed by atoms with Gasteiger partial charge in [0, 0.05) is 11.1 Å². The summed E-state index contributed by atoms with van der Waals surface area (Å²) in [5.41, 5.74) is 1.72. The number of rotatable bonds is 0. The molecule has 0 unspecified atom stereocenters. The molecule has 2 rings (SSSR count). The first kappa shape index (κ1) is 9.89. The molecular weight excluding hydrogens is 200 g/mol. The largest absolute Gasteiger partial charge is 0.289 e. The molecule has 3 nitrogen and oxygen atoms in total. The zero-order valence-electron chi connectivity index (χ0n) is 8.27. The Hall–Kier alpha value is -2.65. The van der Waals surface area contributed by atoms with Crippen LogP contribution in [0.4, 0.5) is 0 Å². The average molecular weight is 206 g/mol. The molecule has 1 aliphatic rings. The van der Waals surface area contributed by atoms with E-state index < -0.39 is 0 Å². The molecule has 74 valence electrons. The van der Waals surface area contributed by atoms with Crippen molar-refractivity contribution in [3.8, 4) is 12.1 Å². The molecular formula is C13H6N2O. The Labute approximate surface area is 92.5 Å². The first-order valence-corrected chi connectivity index (χ1v) is 4.64. The highest BCUT2D eigenvalue weighted by Crippen LogP contribution is 2.27. The van der Waals surface area contributed by atoms with Gasteiger partial charge in [-0.2, -0.15) is 10.5 Å². The Kier molecular flexibility index (Phi) is 2.37. The van der Waals surface area contributed by atoms with Gasteiger partial charge < -0.3 is 0 Å². The normalized spacial score (nSPS) is 12.6. The van der Waals surface area contributed by atoms with E-state index in [4.69, 9.17) is 10.5 Å². The highest BCUT2D eigenvalue weighted by atomic mass is 16.1. The lowest BCUT2D eigenvalue weighted by atomic mass is 9.89. The number of carbonyl (C=O) groups excluding carboxylic acids is 1. The Morgan fingerprint density at radius 2 is 1.62 bits per heavy atom. The summed E-state index contributed by atoms with van der Waals surface area (Å²) in [6.07, 6.45) is 2.90.